The Morgan fingerprint density at radius 1 is 1.11 bits per heavy atom. The highest BCUT2D eigenvalue weighted by molar-refractivity contribution is 8.28. The van der Waals surface area contributed by atoms with Crippen molar-refractivity contribution in [2.75, 3.05) is 25.3 Å². The van der Waals surface area contributed by atoms with Crippen molar-refractivity contribution in [3.8, 4) is 0 Å². The molecule has 2 heterocycles. The van der Waals surface area contributed by atoms with E-state index >= 15 is 0 Å². The zero-order chi connectivity index (χ0) is 20.5. The first-order valence-corrected chi connectivity index (χ1v) is 10.6. The standard InChI is InChI=1S/C19H23N3O4S2/c1-6-25-17(23)15-13(4)21(5)19(27-15)22(14-10-8-9-12(3)11-14)20-16(28-19)18(24)26-7-2/h8-11H,6-7H2,1-5H3/t19-/m1/s1. The van der Waals surface area contributed by atoms with E-state index in [-0.39, 0.29) is 17.6 Å². The minimum absolute atomic E-state index is 0.251. The van der Waals surface area contributed by atoms with Crippen LogP contribution in [0.15, 0.2) is 40.0 Å². The first-order valence-electron chi connectivity index (χ1n) is 8.96. The van der Waals surface area contributed by atoms with Crippen LogP contribution in [-0.2, 0) is 19.1 Å². The Balaban J connectivity index is 2.03. The normalized spacial score (nSPS) is 21.4. The fraction of sp³-hybridized carbons (Fsp3) is 0.421. The van der Waals surface area contributed by atoms with Gasteiger partial charge in [0.25, 0.3) is 0 Å². The number of aryl methyl sites for hydroxylation is 1. The Labute approximate surface area is 173 Å². The van der Waals surface area contributed by atoms with Gasteiger partial charge in [0.2, 0.25) is 9.37 Å². The van der Waals surface area contributed by atoms with E-state index in [1.807, 2.05) is 50.1 Å². The van der Waals surface area contributed by atoms with Gasteiger partial charge in [0.15, 0.2) is 0 Å². The van der Waals surface area contributed by atoms with Crippen molar-refractivity contribution in [1.82, 2.24) is 4.90 Å². The fourth-order valence-electron chi connectivity index (χ4n) is 2.90. The van der Waals surface area contributed by atoms with Crippen molar-refractivity contribution >= 4 is 46.2 Å². The number of carbonyl (C=O) groups excluding carboxylic acids is 2. The maximum Gasteiger partial charge on any atom is 0.365 e. The molecule has 1 aromatic rings. The third kappa shape index (κ3) is 3.48. The van der Waals surface area contributed by atoms with E-state index in [1.165, 1.54) is 23.5 Å². The predicted octanol–water partition coefficient (Wildman–Crippen LogP) is 3.51. The molecule has 2 aliphatic rings. The Bertz CT molecular complexity index is 870. The summed E-state index contributed by atoms with van der Waals surface area (Å²) in [6, 6.07) is 7.85. The van der Waals surface area contributed by atoms with E-state index in [0.717, 1.165) is 16.9 Å². The molecule has 0 radical (unpaired) electrons. The lowest BCUT2D eigenvalue weighted by molar-refractivity contribution is -0.137. The summed E-state index contributed by atoms with van der Waals surface area (Å²) < 4.78 is 9.54. The molecule has 0 saturated carbocycles. The smallest absolute Gasteiger partial charge is 0.365 e. The van der Waals surface area contributed by atoms with Gasteiger partial charge in [-0.1, -0.05) is 23.9 Å². The van der Waals surface area contributed by atoms with E-state index in [4.69, 9.17) is 9.47 Å². The predicted molar refractivity (Wildman–Crippen MR) is 113 cm³/mol. The van der Waals surface area contributed by atoms with E-state index in [0.29, 0.717) is 11.5 Å². The molecule has 9 heteroatoms. The highest BCUT2D eigenvalue weighted by Gasteiger charge is 2.56. The monoisotopic (exact) mass is 421 g/mol. The molecule has 0 N–H and O–H groups in total. The maximum atomic E-state index is 12.5. The van der Waals surface area contributed by atoms with E-state index < -0.39 is 10.3 Å². The number of hydrogen-bond acceptors (Lipinski definition) is 9. The zero-order valence-corrected chi connectivity index (χ0v) is 18.1. The summed E-state index contributed by atoms with van der Waals surface area (Å²) in [6.07, 6.45) is 0. The molecular formula is C19H23N3O4S2. The second-order valence-electron chi connectivity index (χ2n) is 6.22. The number of rotatable bonds is 5. The molecule has 2 aliphatic heterocycles. The van der Waals surface area contributed by atoms with Crippen LogP contribution in [0.1, 0.15) is 26.3 Å². The molecule has 0 aromatic heterocycles. The molecule has 0 aliphatic carbocycles. The number of ether oxygens (including phenoxy) is 2. The Morgan fingerprint density at radius 2 is 1.79 bits per heavy atom. The number of nitrogens with zero attached hydrogens (tertiary/aromatic N) is 3. The second-order valence-corrected chi connectivity index (χ2v) is 8.82. The second kappa shape index (κ2) is 8.08. The Kier molecular flexibility index (Phi) is 5.95. The fourth-order valence-corrected chi connectivity index (χ4v) is 5.78. The van der Waals surface area contributed by atoms with Crippen LogP contribution >= 0.6 is 23.5 Å². The molecule has 1 spiro atoms. The van der Waals surface area contributed by atoms with Gasteiger partial charge < -0.3 is 14.4 Å². The van der Waals surface area contributed by atoms with Crippen LogP contribution < -0.4 is 5.01 Å². The molecule has 0 amide bonds. The third-order valence-electron chi connectivity index (χ3n) is 4.34. The molecule has 28 heavy (non-hydrogen) atoms. The first-order chi connectivity index (χ1) is 13.3. The number of benzene rings is 1. The number of hydrogen-bond donors (Lipinski definition) is 0. The van der Waals surface area contributed by atoms with Gasteiger partial charge in [-0.25, -0.2) is 14.6 Å². The van der Waals surface area contributed by atoms with Crippen LogP contribution in [0.2, 0.25) is 0 Å². The molecule has 150 valence electrons. The molecule has 1 atom stereocenters. The number of anilines is 1. The van der Waals surface area contributed by atoms with Crippen molar-refractivity contribution in [1.29, 1.82) is 0 Å². The molecule has 3 rings (SSSR count). The molecule has 1 aromatic carbocycles. The Morgan fingerprint density at radius 3 is 2.43 bits per heavy atom. The van der Waals surface area contributed by atoms with E-state index in [2.05, 4.69) is 5.10 Å². The van der Waals surface area contributed by atoms with Gasteiger partial charge in [-0.3, -0.25) is 0 Å². The lowest BCUT2D eigenvalue weighted by Gasteiger charge is -2.39. The van der Waals surface area contributed by atoms with Gasteiger partial charge in [0, 0.05) is 12.7 Å². The molecule has 0 fully saturated rings. The summed E-state index contributed by atoms with van der Waals surface area (Å²) >= 11 is 2.60. The highest BCUT2D eigenvalue weighted by Crippen LogP contribution is 2.58. The van der Waals surface area contributed by atoms with Crippen LogP contribution in [-0.4, -0.2) is 46.5 Å². The quantitative estimate of drug-likeness (QED) is 0.669. The van der Waals surface area contributed by atoms with Crippen LogP contribution in [0.25, 0.3) is 0 Å². The van der Waals surface area contributed by atoms with Crippen LogP contribution in [0.4, 0.5) is 5.69 Å². The average Bonchev–Trinajstić information content (AvgIpc) is 3.17. The van der Waals surface area contributed by atoms with Crippen molar-refractivity contribution < 1.29 is 19.1 Å². The lowest BCUT2D eigenvalue weighted by atomic mass is 10.2. The number of carbonyl (C=O) groups is 2. The molecule has 7 nitrogen and oxygen atoms in total. The molecule has 0 saturated heterocycles. The largest absolute Gasteiger partial charge is 0.462 e. The SMILES string of the molecule is CCOC(=O)C1=NN(c2cccc(C)c2)[C@@]2(S1)SC(C(=O)OCC)=C(C)N2C. The summed E-state index contributed by atoms with van der Waals surface area (Å²) in [5.74, 6) is -0.846. The van der Waals surface area contributed by atoms with Gasteiger partial charge in [-0.05, 0) is 57.2 Å². The number of allylic oxidation sites excluding steroid dienone is 1. The van der Waals surface area contributed by atoms with Gasteiger partial charge in [-0.15, -0.1) is 0 Å². The maximum absolute atomic E-state index is 12.5. The Hall–Kier alpha value is -2.13. The van der Waals surface area contributed by atoms with Gasteiger partial charge in [-0.2, -0.15) is 5.10 Å². The van der Waals surface area contributed by atoms with Crippen molar-refractivity contribution in [3.05, 3.63) is 40.4 Å². The zero-order valence-electron chi connectivity index (χ0n) is 16.5. The van der Waals surface area contributed by atoms with Crippen molar-refractivity contribution in [3.63, 3.8) is 0 Å². The van der Waals surface area contributed by atoms with Crippen LogP contribution in [0, 0.1) is 6.92 Å². The summed E-state index contributed by atoms with van der Waals surface area (Å²) in [4.78, 5) is 27.3. The van der Waals surface area contributed by atoms with Gasteiger partial charge in [0.05, 0.1) is 18.9 Å². The minimum atomic E-state index is -0.845. The summed E-state index contributed by atoms with van der Waals surface area (Å²) in [5, 5.41) is 6.60. The minimum Gasteiger partial charge on any atom is -0.462 e. The number of esters is 2. The van der Waals surface area contributed by atoms with Crippen LogP contribution in [0.3, 0.4) is 0 Å². The number of hydrazone groups is 1. The third-order valence-corrected chi connectivity index (χ3v) is 7.37. The lowest BCUT2D eigenvalue weighted by Crippen LogP contribution is -2.47. The van der Waals surface area contributed by atoms with E-state index in [9.17, 15) is 9.59 Å². The summed E-state index contributed by atoms with van der Waals surface area (Å²) in [5.41, 5.74) is 2.66. The van der Waals surface area contributed by atoms with Crippen molar-refractivity contribution in [2.45, 2.75) is 32.0 Å². The summed E-state index contributed by atoms with van der Waals surface area (Å²) in [7, 11) is 1.88. The average molecular weight is 422 g/mol. The van der Waals surface area contributed by atoms with Gasteiger partial charge in [0.1, 0.15) is 4.91 Å². The first kappa shape index (κ1) is 20.6. The van der Waals surface area contributed by atoms with Crippen molar-refractivity contribution in [2.24, 2.45) is 5.10 Å². The molecular weight excluding hydrogens is 398 g/mol. The van der Waals surface area contributed by atoms with E-state index in [1.54, 1.807) is 18.9 Å². The number of thioether (sulfide) groups is 2. The molecule has 0 bridgehead atoms. The summed E-state index contributed by atoms with van der Waals surface area (Å²) in [6.45, 7) is 7.96. The topological polar surface area (TPSA) is 71.4 Å². The van der Waals surface area contributed by atoms with Gasteiger partial charge >= 0.3 is 11.9 Å². The molecule has 0 unspecified atom stereocenters. The highest BCUT2D eigenvalue weighted by atomic mass is 32.2. The van der Waals surface area contributed by atoms with Crippen LogP contribution in [0.5, 0.6) is 0 Å².